The minimum Gasteiger partial charge on any atom is -0.444 e. The van der Waals surface area contributed by atoms with Gasteiger partial charge in [0.25, 0.3) is 0 Å². The van der Waals surface area contributed by atoms with Gasteiger partial charge in [0.2, 0.25) is 0 Å². The molecule has 1 saturated heterocycles. The third kappa shape index (κ3) is 5.38. The van der Waals surface area contributed by atoms with Crippen molar-refractivity contribution in [2.45, 2.75) is 52.3 Å². The third-order valence-corrected chi connectivity index (χ3v) is 3.47. The smallest absolute Gasteiger partial charge is 0.407 e. The van der Waals surface area contributed by atoms with Gasteiger partial charge in [-0.05, 0) is 46.7 Å². The predicted octanol–water partition coefficient (Wildman–Crippen LogP) is 2.00. The lowest BCUT2D eigenvalue weighted by Gasteiger charge is -2.20. The first-order valence-electron chi connectivity index (χ1n) is 7.62. The highest BCUT2D eigenvalue weighted by Gasteiger charge is 2.16. The molecular formula is C15H26N4O2. The first-order valence-corrected chi connectivity index (χ1v) is 7.62. The number of amides is 1. The van der Waals surface area contributed by atoms with E-state index in [1.807, 2.05) is 27.1 Å². The monoisotopic (exact) mass is 294 g/mol. The van der Waals surface area contributed by atoms with Gasteiger partial charge in [0.05, 0.1) is 18.6 Å². The predicted molar refractivity (Wildman–Crippen MR) is 81.0 cm³/mol. The van der Waals surface area contributed by atoms with Crippen molar-refractivity contribution in [1.29, 1.82) is 0 Å². The Labute approximate surface area is 126 Å². The molecule has 0 saturated carbocycles. The molecule has 6 heteroatoms. The van der Waals surface area contributed by atoms with E-state index in [-0.39, 0.29) is 0 Å². The minimum atomic E-state index is -0.472. The topological polar surface area (TPSA) is 59.4 Å². The van der Waals surface area contributed by atoms with Gasteiger partial charge in [-0.1, -0.05) is 0 Å². The Morgan fingerprint density at radius 3 is 2.71 bits per heavy atom. The van der Waals surface area contributed by atoms with Gasteiger partial charge in [-0.15, -0.1) is 0 Å². The summed E-state index contributed by atoms with van der Waals surface area (Å²) in [5.74, 6) is 0. The van der Waals surface area contributed by atoms with E-state index < -0.39 is 11.7 Å². The van der Waals surface area contributed by atoms with Crippen molar-refractivity contribution in [1.82, 2.24) is 19.8 Å². The van der Waals surface area contributed by atoms with E-state index in [4.69, 9.17) is 4.74 Å². The summed E-state index contributed by atoms with van der Waals surface area (Å²) in [6.45, 7) is 10.3. The molecule has 1 aliphatic heterocycles. The van der Waals surface area contributed by atoms with Crippen LogP contribution in [0.1, 0.15) is 39.3 Å². The zero-order valence-electron chi connectivity index (χ0n) is 13.3. The van der Waals surface area contributed by atoms with Crippen LogP contribution in [0.25, 0.3) is 0 Å². The van der Waals surface area contributed by atoms with Gasteiger partial charge in [0, 0.05) is 19.3 Å². The maximum atomic E-state index is 11.7. The molecule has 0 aromatic carbocycles. The van der Waals surface area contributed by atoms with Crippen molar-refractivity contribution in [2.75, 3.05) is 19.6 Å². The molecule has 0 aliphatic carbocycles. The van der Waals surface area contributed by atoms with Gasteiger partial charge >= 0.3 is 6.09 Å². The van der Waals surface area contributed by atoms with Crippen molar-refractivity contribution in [2.24, 2.45) is 0 Å². The van der Waals surface area contributed by atoms with Crippen LogP contribution in [0.3, 0.4) is 0 Å². The SMILES string of the molecule is CC(C)(C)OC(=O)NCc1cncn1CCN1CCCC1. The van der Waals surface area contributed by atoms with Crippen LogP contribution in [0, 0.1) is 0 Å². The zero-order chi connectivity index (χ0) is 15.3. The fourth-order valence-corrected chi connectivity index (χ4v) is 2.43. The van der Waals surface area contributed by atoms with Crippen molar-refractivity contribution in [3.05, 3.63) is 18.2 Å². The van der Waals surface area contributed by atoms with Crippen LogP contribution in [0.15, 0.2) is 12.5 Å². The fraction of sp³-hybridized carbons (Fsp3) is 0.733. The molecule has 0 radical (unpaired) electrons. The number of likely N-dealkylation sites (tertiary alicyclic amines) is 1. The van der Waals surface area contributed by atoms with Crippen LogP contribution in [-0.2, 0) is 17.8 Å². The largest absolute Gasteiger partial charge is 0.444 e. The Kier molecular flexibility index (Phi) is 5.22. The second-order valence-electron chi connectivity index (χ2n) is 6.48. The van der Waals surface area contributed by atoms with Gasteiger partial charge in [0.15, 0.2) is 0 Å². The Bertz CT molecular complexity index is 458. The Balaban J connectivity index is 1.78. The van der Waals surface area contributed by atoms with E-state index in [0.717, 1.165) is 18.8 Å². The highest BCUT2D eigenvalue weighted by Crippen LogP contribution is 2.09. The molecule has 6 nitrogen and oxygen atoms in total. The van der Waals surface area contributed by atoms with Crippen LogP contribution in [0.2, 0.25) is 0 Å². The van der Waals surface area contributed by atoms with E-state index in [9.17, 15) is 4.79 Å². The number of imidazole rings is 1. The van der Waals surface area contributed by atoms with E-state index >= 15 is 0 Å². The van der Waals surface area contributed by atoms with Crippen LogP contribution in [-0.4, -0.2) is 45.8 Å². The van der Waals surface area contributed by atoms with Crippen molar-refractivity contribution < 1.29 is 9.53 Å². The average Bonchev–Trinajstić information content (AvgIpc) is 3.03. The average molecular weight is 294 g/mol. The van der Waals surface area contributed by atoms with E-state index in [2.05, 4.69) is 19.8 Å². The molecule has 0 atom stereocenters. The summed E-state index contributed by atoms with van der Waals surface area (Å²) in [5.41, 5.74) is 0.528. The van der Waals surface area contributed by atoms with Crippen LogP contribution < -0.4 is 5.32 Å². The lowest BCUT2D eigenvalue weighted by atomic mass is 10.2. The molecule has 0 unspecified atom stereocenters. The van der Waals surface area contributed by atoms with Crippen LogP contribution in [0.4, 0.5) is 4.79 Å². The molecule has 2 rings (SSSR count). The molecule has 118 valence electrons. The molecule has 0 spiro atoms. The fourth-order valence-electron chi connectivity index (χ4n) is 2.43. The highest BCUT2D eigenvalue weighted by atomic mass is 16.6. The number of nitrogens with zero attached hydrogens (tertiary/aromatic N) is 3. The van der Waals surface area contributed by atoms with Crippen LogP contribution in [0.5, 0.6) is 0 Å². The third-order valence-electron chi connectivity index (χ3n) is 3.47. The lowest BCUT2D eigenvalue weighted by molar-refractivity contribution is 0.0522. The summed E-state index contributed by atoms with van der Waals surface area (Å²) in [5, 5.41) is 2.77. The van der Waals surface area contributed by atoms with Gasteiger partial charge in [0.1, 0.15) is 5.60 Å². The van der Waals surface area contributed by atoms with Crippen molar-refractivity contribution in [3.63, 3.8) is 0 Å². The van der Waals surface area contributed by atoms with E-state index in [0.29, 0.717) is 6.54 Å². The van der Waals surface area contributed by atoms with Gasteiger partial charge in [-0.3, -0.25) is 0 Å². The Morgan fingerprint density at radius 2 is 2.05 bits per heavy atom. The molecule has 0 bridgehead atoms. The molecular weight excluding hydrogens is 268 g/mol. The standard InChI is InChI=1S/C15H26N4O2/c1-15(2,3)21-14(20)17-11-13-10-16-12-19(13)9-8-18-6-4-5-7-18/h10,12H,4-9,11H2,1-3H3,(H,17,20). The molecule has 21 heavy (non-hydrogen) atoms. The molecule has 1 N–H and O–H groups in total. The number of hydrogen-bond donors (Lipinski definition) is 1. The van der Waals surface area contributed by atoms with Gasteiger partial charge < -0.3 is 19.5 Å². The van der Waals surface area contributed by atoms with E-state index in [1.165, 1.54) is 25.9 Å². The van der Waals surface area contributed by atoms with E-state index in [1.54, 1.807) is 6.20 Å². The quantitative estimate of drug-likeness (QED) is 0.902. The first-order chi connectivity index (χ1) is 9.94. The summed E-state index contributed by atoms with van der Waals surface area (Å²) in [7, 11) is 0. The maximum absolute atomic E-state index is 11.7. The first kappa shape index (κ1) is 15.8. The second kappa shape index (κ2) is 6.93. The van der Waals surface area contributed by atoms with Crippen LogP contribution >= 0.6 is 0 Å². The minimum absolute atomic E-state index is 0.394. The summed E-state index contributed by atoms with van der Waals surface area (Å²) in [4.78, 5) is 18.3. The van der Waals surface area contributed by atoms with Gasteiger partial charge in [-0.2, -0.15) is 0 Å². The van der Waals surface area contributed by atoms with Crippen molar-refractivity contribution >= 4 is 6.09 Å². The normalized spacial score (nSPS) is 16.1. The molecule has 2 heterocycles. The number of alkyl carbamates (subject to hydrolysis) is 1. The summed E-state index contributed by atoms with van der Waals surface area (Å²) >= 11 is 0. The number of carbonyl (C=O) groups is 1. The lowest BCUT2D eigenvalue weighted by Crippen LogP contribution is -2.33. The summed E-state index contributed by atoms with van der Waals surface area (Å²) < 4.78 is 7.32. The highest BCUT2D eigenvalue weighted by molar-refractivity contribution is 5.67. The Morgan fingerprint density at radius 1 is 1.33 bits per heavy atom. The molecule has 1 aromatic rings. The molecule has 1 amide bonds. The summed E-state index contributed by atoms with van der Waals surface area (Å²) in [6.07, 6.45) is 5.83. The number of carbonyl (C=O) groups excluding carboxylic acids is 1. The number of hydrogen-bond acceptors (Lipinski definition) is 4. The maximum Gasteiger partial charge on any atom is 0.407 e. The molecule has 1 fully saturated rings. The molecule has 1 aliphatic rings. The Hall–Kier alpha value is -1.56. The van der Waals surface area contributed by atoms with Crippen molar-refractivity contribution in [3.8, 4) is 0 Å². The molecule has 1 aromatic heterocycles. The second-order valence-corrected chi connectivity index (χ2v) is 6.48. The summed E-state index contributed by atoms with van der Waals surface area (Å²) in [6, 6.07) is 0. The number of aromatic nitrogens is 2. The number of rotatable bonds is 5. The number of nitrogens with one attached hydrogen (secondary N) is 1. The zero-order valence-corrected chi connectivity index (χ0v) is 13.3. The van der Waals surface area contributed by atoms with Gasteiger partial charge in [-0.25, -0.2) is 9.78 Å². The number of ether oxygens (including phenoxy) is 1.